The van der Waals surface area contributed by atoms with Gasteiger partial charge in [0.25, 0.3) is 0 Å². The number of nitrogens with zero attached hydrogens (tertiary/aromatic N) is 2. The van der Waals surface area contributed by atoms with Crippen molar-refractivity contribution in [3.63, 3.8) is 0 Å². The van der Waals surface area contributed by atoms with E-state index in [1.165, 1.54) is 5.69 Å². The van der Waals surface area contributed by atoms with Gasteiger partial charge in [-0.15, -0.1) is 0 Å². The molecule has 0 saturated heterocycles. The Labute approximate surface area is 58.7 Å². The highest BCUT2D eigenvalue weighted by molar-refractivity contribution is 5.54. The van der Waals surface area contributed by atoms with E-state index in [9.17, 15) is 4.79 Å². The van der Waals surface area contributed by atoms with Crippen molar-refractivity contribution in [1.82, 2.24) is 9.78 Å². The number of carbonyl (C=O) groups excluding carboxylic acids is 1. The summed E-state index contributed by atoms with van der Waals surface area (Å²) in [5, 5.41) is 4.05. The molecule has 0 amide bonds. The van der Waals surface area contributed by atoms with Crippen LogP contribution >= 0.6 is 0 Å². The molecule has 0 aromatic carbocycles. The van der Waals surface area contributed by atoms with Crippen LogP contribution in [-0.4, -0.2) is 16.1 Å². The van der Waals surface area contributed by atoms with Crippen molar-refractivity contribution in [2.24, 2.45) is 5.92 Å². The standard InChI is InChI=1S/C7H8N2O/c10-5-6-3-7-1-2-8-9(7)4-6/h1-2,5-6H,3-4H2. The summed E-state index contributed by atoms with van der Waals surface area (Å²) >= 11 is 0. The van der Waals surface area contributed by atoms with Crippen molar-refractivity contribution in [1.29, 1.82) is 0 Å². The topological polar surface area (TPSA) is 34.9 Å². The first kappa shape index (κ1) is 5.65. The molecule has 10 heavy (non-hydrogen) atoms. The van der Waals surface area contributed by atoms with Gasteiger partial charge in [0.05, 0.1) is 6.54 Å². The molecule has 3 heteroatoms. The van der Waals surface area contributed by atoms with Crippen molar-refractivity contribution in [3.05, 3.63) is 18.0 Å². The fourth-order valence-corrected chi connectivity index (χ4v) is 1.34. The zero-order valence-corrected chi connectivity index (χ0v) is 5.53. The Morgan fingerprint density at radius 3 is 3.40 bits per heavy atom. The number of carbonyl (C=O) groups is 1. The summed E-state index contributed by atoms with van der Waals surface area (Å²) in [7, 11) is 0. The van der Waals surface area contributed by atoms with Crippen molar-refractivity contribution in [3.8, 4) is 0 Å². The van der Waals surface area contributed by atoms with Gasteiger partial charge < -0.3 is 4.79 Å². The third-order valence-corrected chi connectivity index (χ3v) is 1.88. The number of aldehydes is 1. The first-order valence-corrected chi connectivity index (χ1v) is 3.36. The summed E-state index contributed by atoms with van der Waals surface area (Å²) in [6.45, 7) is 0.770. The summed E-state index contributed by atoms with van der Waals surface area (Å²) in [6.07, 6.45) is 3.65. The maximum absolute atomic E-state index is 10.3. The van der Waals surface area contributed by atoms with E-state index in [2.05, 4.69) is 5.10 Å². The predicted octanol–water partition coefficient (Wildman–Crippen LogP) is 0.254. The zero-order chi connectivity index (χ0) is 6.97. The van der Waals surface area contributed by atoms with E-state index in [0.29, 0.717) is 0 Å². The molecule has 1 aliphatic heterocycles. The minimum Gasteiger partial charge on any atom is -0.303 e. The molecule has 2 heterocycles. The Bertz CT molecular complexity index is 233. The maximum Gasteiger partial charge on any atom is 0.125 e. The average molecular weight is 136 g/mol. The van der Waals surface area contributed by atoms with E-state index in [0.717, 1.165) is 19.3 Å². The minimum atomic E-state index is 0.170. The minimum absolute atomic E-state index is 0.170. The number of hydrogen-bond donors (Lipinski definition) is 0. The molecule has 0 N–H and O–H groups in total. The summed E-state index contributed by atoms with van der Waals surface area (Å²) < 4.78 is 1.89. The van der Waals surface area contributed by atoms with Gasteiger partial charge in [-0.05, 0) is 6.07 Å². The lowest BCUT2D eigenvalue weighted by Gasteiger charge is -1.93. The van der Waals surface area contributed by atoms with Crippen LogP contribution in [0.15, 0.2) is 12.3 Å². The van der Waals surface area contributed by atoms with Crippen LogP contribution in [0.2, 0.25) is 0 Å². The molecule has 0 aliphatic carbocycles. The summed E-state index contributed by atoms with van der Waals surface area (Å²) in [6, 6.07) is 1.96. The molecular weight excluding hydrogens is 128 g/mol. The van der Waals surface area contributed by atoms with Gasteiger partial charge in [-0.25, -0.2) is 0 Å². The Morgan fingerprint density at radius 2 is 2.70 bits per heavy atom. The zero-order valence-electron chi connectivity index (χ0n) is 5.53. The molecule has 1 aromatic heterocycles. The fraction of sp³-hybridized carbons (Fsp3) is 0.429. The quantitative estimate of drug-likeness (QED) is 0.519. The van der Waals surface area contributed by atoms with Crippen molar-refractivity contribution in [2.75, 3.05) is 0 Å². The van der Waals surface area contributed by atoms with Crippen LogP contribution in [0.5, 0.6) is 0 Å². The Hall–Kier alpha value is -1.12. The summed E-state index contributed by atoms with van der Waals surface area (Å²) in [5.41, 5.74) is 1.18. The molecule has 0 radical (unpaired) electrons. The van der Waals surface area contributed by atoms with Crippen LogP contribution < -0.4 is 0 Å². The second-order valence-electron chi connectivity index (χ2n) is 2.60. The van der Waals surface area contributed by atoms with Gasteiger partial charge >= 0.3 is 0 Å². The van der Waals surface area contributed by atoms with Crippen molar-refractivity contribution in [2.45, 2.75) is 13.0 Å². The molecule has 1 aliphatic rings. The molecule has 2 rings (SSSR count). The summed E-state index contributed by atoms with van der Waals surface area (Å²) in [5.74, 6) is 0.170. The lowest BCUT2D eigenvalue weighted by molar-refractivity contribution is -0.111. The molecule has 0 fully saturated rings. The highest BCUT2D eigenvalue weighted by atomic mass is 16.1. The van der Waals surface area contributed by atoms with E-state index in [1.807, 2.05) is 10.7 Å². The Balaban J connectivity index is 2.28. The number of fused-ring (bicyclic) bond motifs is 1. The maximum atomic E-state index is 10.3. The average Bonchev–Trinajstić information content (AvgIpc) is 2.42. The number of hydrogen-bond acceptors (Lipinski definition) is 2. The molecule has 0 bridgehead atoms. The van der Waals surface area contributed by atoms with Crippen LogP contribution in [0.4, 0.5) is 0 Å². The van der Waals surface area contributed by atoms with E-state index in [1.54, 1.807) is 6.20 Å². The van der Waals surface area contributed by atoms with Gasteiger partial charge in [0.2, 0.25) is 0 Å². The van der Waals surface area contributed by atoms with Crippen LogP contribution in [0.3, 0.4) is 0 Å². The molecular formula is C7H8N2O. The summed E-state index contributed by atoms with van der Waals surface area (Å²) in [4.78, 5) is 10.3. The first-order valence-electron chi connectivity index (χ1n) is 3.36. The van der Waals surface area contributed by atoms with E-state index in [4.69, 9.17) is 0 Å². The third-order valence-electron chi connectivity index (χ3n) is 1.88. The van der Waals surface area contributed by atoms with Gasteiger partial charge in [-0.1, -0.05) is 0 Å². The van der Waals surface area contributed by atoms with Crippen LogP contribution in [-0.2, 0) is 17.8 Å². The van der Waals surface area contributed by atoms with E-state index < -0.39 is 0 Å². The van der Waals surface area contributed by atoms with Gasteiger partial charge in [-0.2, -0.15) is 5.10 Å². The second kappa shape index (κ2) is 1.94. The van der Waals surface area contributed by atoms with Crippen LogP contribution in [0.25, 0.3) is 0 Å². The lowest BCUT2D eigenvalue weighted by atomic mass is 10.1. The molecule has 52 valence electrons. The van der Waals surface area contributed by atoms with Gasteiger partial charge in [0.1, 0.15) is 6.29 Å². The van der Waals surface area contributed by atoms with Gasteiger partial charge in [-0.3, -0.25) is 4.68 Å². The molecule has 0 spiro atoms. The largest absolute Gasteiger partial charge is 0.303 e. The molecule has 1 aromatic rings. The molecule has 1 atom stereocenters. The third kappa shape index (κ3) is 0.667. The van der Waals surface area contributed by atoms with Crippen LogP contribution in [0.1, 0.15) is 5.69 Å². The first-order chi connectivity index (χ1) is 4.90. The SMILES string of the molecule is O=CC1Cc2ccnn2C1. The molecule has 3 nitrogen and oxygen atoms in total. The lowest BCUT2D eigenvalue weighted by Crippen LogP contribution is -2.03. The van der Waals surface area contributed by atoms with E-state index >= 15 is 0 Å². The second-order valence-corrected chi connectivity index (χ2v) is 2.60. The number of rotatable bonds is 1. The molecule has 1 unspecified atom stereocenters. The smallest absolute Gasteiger partial charge is 0.125 e. The number of aromatic nitrogens is 2. The van der Waals surface area contributed by atoms with Gasteiger partial charge in [0, 0.05) is 24.2 Å². The van der Waals surface area contributed by atoms with Crippen LogP contribution in [0, 0.1) is 5.92 Å². The van der Waals surface area contributed by atoms with Crippen molar-refractivity contribution < 1.29 is 4.79 Å². The van der Waals surface area contributed by atoms with Gasteiger partial charge in [0.15, 0.2) is 0 Å². The highest BCUT2D eigenvalue weighted by Crippen LogP contribution is 2.16. The Morgan fingerprint density at radius 1 is 1.80 bits per heavy atom. The molecule has 0 saturated carbocycles. The Kier molecular flexibility index (Phi) is 1.09. The fourth-order valence-electron chi connectivity index (χ4n) is 1.34. The normalized spacial score (nSPS) is 22.6. The monoisotopic (exact) mass is 136 g/mol. The highest BCUT2D eigenvalue weighted by Gasteiger charge is 2.20. The van der Waals surface area contributed by atoms with Crippen molar-refractivity contribution >= 4 is 6.29 Å². The predicted molar refractivity (Wildman–Crippen MR) is 35.5 cm³/mol. The van der Waals surface area contributed by atoms with E-state index in [-0.39, 0.29) is 5.92 Å².